The Bertz CT molecular complexity index is 964. The third kappa shape index (κ3) is 6.71. The maximum absolute atomic E-state index is 12.2. The van der Waals surface area contributed by atoms with Crippen LogP contribution in [-0.2, 0) is 23.8 Å². The largest absolute Gasteiger partial charge is 0.469 e. The van der Waals surface area contributed by atoms with Crippen molar-refractivity contribution in [2.75, 3.05) is 7.11 Å². The summed E-state index contributed by atoms with van der Waals surface area (Å²) >= 11 is 0. The molecule has 0 aromatic carbocycles. The second kappa shape index (κ2) is 11.8. The SMILES string of the molecule is COC(=O)[C@H](C)[C@@H]1OC(=O)[C@H](C)[C@]1(C)/C=C/C=C/C=C/C=C/C=C(\C)[C@@H]1O[C@H](C)[C@](C)(O)C=C1C. The number of carbonyl (C=O) groups is 2. The Morgan fingerprint density at radius 1 is 1.11 bits per heavy atom. The standard InChI is InChI=1S/C29H40O6/c1-19(24-20(2)18-29(7,32)23(5)34-24)16-14-12-10-9-11-13-15-17-28(6)22(4)27(31)35-25(28)21(3)26(30)33-8/h9-18,21-25,32H,1-8H3/b10-9+,13-11+,14-12+,17-15+,19-16+/t21-,22+,23-,24+,25+,28+,29-/m1/s1. The van der Waals surface area contributed by atoms with Gasteiger partial charge in [-0.2, -0.15) is 0 Å². The smallest absolute Gasteiger partial charge is 0.312 e. The lowest BCUT2D eigenvalue weighted by atomic mass is 9.72. The lowest BCUT2D eigenvalue weighted by molar-refractivity contribution is -0.155. The van der Waals surface area contributed by atoms with Crippen LogP contribution in [0.5, 0.6) is 0 Å². The highest BCUT2D eigenvalue weighted by Crippen LogP contribution is 2.45. The van der Waals surface area contributed by atoms with Gasteiger partial charge in [0.25, 0.3) is 0 Å². The summed E-state index contributed by atoms with van der Waals surface area (Å²) in [4.78, 5) is 24.2. The van der Waals surface area contributed by atoms with Crippen LogP contribution in [0.15, 0.2) is 71.9 Å². The molecular formula is C29H40O6. The third-order valence-electron chi connectivity index (χ3n) is 7.16. The predicted molar refractivity (Wildman–Crippen MR) is 137 cm³/mol. The first-order valence-corrected chi connectivity index (χ1v) is 12.1. The molecule has 6 heteroatoms. The van der Waals surface area contributed by atoms with Gasteiger partial charge in [0.1, 0.15) is 11.7 Å². The minimum Gasteiger partial charge on any atom is -0.469 e. The molecule has 1 saturated heterocycles. The lowest BCUT2D eigenvalue weighted by Crippen LogP contribution is -2.44. The Hall–Kier alpha value is -2.70. The number of rotatable bonds is 8. The Morgan fingerprint density at radius 2 is 1.69 bits per heavy atom. The van der Waals surface area contributed by atoms with Gasteiger partial charge >= 0.3 is 11.9 Å². The van der Waals surface area contributed by atoms with Crippen molar-refractivity contribution in [2.45, 2.75) is 72.4 Å². The average molecular weight is 485 g/mol. The van der Waals surface area contributed by atoms with E-state index >= 15 is 0 Å². The zero-order valence-electron chi connectivity index (χ0n) is 22.1. The predicted octanol–water partition coefficient (Wildman–Crippen LogP) is 5.02. The normalized spacial score (nSPS) is 35.3. The van der Waals surface area contributed by atoms with Gasteiger partial charge in [0.05, 0.1) is 31.2 Å². The number of cyclic esters (lactones) is 1. The van der Waals surface area contributed by atoms with Crippen LogP contribution in [-0.4, -0.2) is 48.1 Å². The number of aliphatic hydroxyl groups is 1. The zero-order valence-corrected chi connectivity index (χ0v) is 22.1. The summed E-state index contributed by atoms with van der Waals surface area (Å²) in [7, 11) is 1.33. The van der Waals surface area contributed by atoms with Gasteiger partial charge in [-0.05, 0) is 51.8 Å². The van der Waals surface area contributed by atoms with Crippen LogP contribution >= 0.6 is 0 Å². The number of hydrogen-bond acceptors (Lipinski definition) is 6. The van der Waals surface area contributed by atoms with Gasteiger partial charge in [0, 0.05) is 5.41 Å². The van der Waals surface area contributed by atoms with Crippen LogP contribution in [0, 0.1) is 17.3 Å². The summed E-state index contributed by atoms with van der Waals surface area (Å²) in [6, 6.07) is 0. The van der Waals surface area contributed by atoms with Crippen LogP contribution in [0.25, 0.3) is 0 Å². The molecule has 0 saturated carbocycles. The molecule has 192 valence electrons. The molecule has 2 heterocycles. The van der Waals surface area contributed by atoms with Crippen molar-refractivity contribution in [3.05, 3.63) is 71.9 Å². The fourth-order valence-corrected chi connectivity index (χ4v) is 4.49. The fourth-order valence-electron chi connectivity index (χ4n) is 4.49. The average Bonchev–Trinajstić information content (AvgIpc) is 3.02. The van der Waals surface area contributed by atoms with Crippen LogP contribution in [0.3, 0.4) is 0 Å². The Balaban J connectivity index is 1.97. The second-order valence-corrected chi connectivity index (χ2v) is 9.95. The fraction of sp³-hybridized carbons (Fsp3) is 0.517. The van der Waals surface area contributed by atoms with E-state index < -0.39 is 29.0 Å². The summed E-state index contributed by atoms with van der Waals surface area (Å²) in [5.74, 6) is -1.62. The molecule has 2 aliphatic rings. The lowest BCUT2D eigenvalue weighted by Gasteiger charge is -2.37. The van der Waals surface area contributed by atoms with E-state index in [9.17, 15) is 14.7 Å². The van der Waals surface area contributed by atoms with E-state index in [1.165, 1.54) is 7.11 Å². The van der Waals surface area contributed by atoms with E-state index in [0.29, 0.717) is 0 Å². The van der Waals surface area contributed by atoms with Crippen molar-refractivity contribution in [1.29, 1.82) is 0 Å². The third-order valence-corrected chi connectivity index (χ3v) is 7.16. The summed E-state index contributed by atoms with van der Waals surface area (Å²) in [5, 5.41) is 10.3. The Kier molecular flexibility index (Phi) is 9.64. The Morgan fingerprint density at radius 3 is 2.29 bits per heavy atom. The first-order chi connectivity index (χ1) is 16.3. The van der Waals surface area contributed by atoms with E-state index in [0.717, 1.165) is 11.1 Å². The van der Waals surface area contributed by atoms with E-state index in [4.69, 9.17) is 14.2 Å². The van der Waals surface area contributed by atoms with Crippen molar-refractivity contribution < 1.29 is 28.9 Å². The minimum atomic E-state index is -0.948. The summed E-state index contributed by atoms with van der Waals surface area (Å²) in [6.45, 7) is 13.1. The van der Waals surface area contributed by atoms with Gasteiger partial charge in [0.15, 0.2) is 0 Å². The van der Waals surface area contributed by atoms with Crippen LogP contribution < -0.4 is 0 Å². The van der Waals surface area contributed by atoms with Crippen molar-refractivity contribution in [1.82, 2.24) is 0 Å². The molecule has 0 aromatic rings. The topological polar surface area (TPSA) is 82.1 Å². The Labute approximate surface area is 209 Å². The van der Waals surface area contributed by atoms with E-state index in [1.54, 1.807) is 13.8 Å². The molecular weight excluding hydrogens is 444 g/mol. The molecule has 0 unspecified atom stereocenters. The molecule has 1 fully saturated rings. The number of methoxy groups -OCH3 is 1. The molecule has 0 radical (unpaired) electrons. The first kappa shape index (κ1) is 28.5. The maximum atomic E-state index is 12.2. The van der Waals surface area contributed by atoms with Crippen molar-refractivity contribution in [2.24, 2.45) is 17.3 Å². The summed E-state index contributed by atoms with van der Waals surface area (Å²) in [5.41, 5.74) is 0.507. The molecule has 35 heavy (non-hydrogen) atoms. The first-order valence-electron chi connectivity index (χ1n) is 12.1. The number of ether oxygens (including phenoxy) is 3. The second-order valence-electron chi connectivity index (χ2n) is 9.95. The number of hydrogen-bond donors (Lipinski definition) is 1. The van der Waals surface area contributed by atoms with Gasteiger partial charge in [-0.15, -0.1) is 0 Å². The van der Waals surface area contributed by atoms with Gasteiger partial charge in [0.2, 0.25) is 0 Å². The van der Waals surface area contributed by atoms with Crippen LogP contribution in [0.1, 0.15) is 48.5 Å². The summed E-state index contributed by atoms with van der Waals surface area (Å²) < 4.78 is 16.3. The quantitative estimate of drug-likeness (QED) is 0.296. The molecule has 7 atom stereocenters. The molecule has 0 amide bonds. The van der Waals surface area contributed by atoms with Crippen LogP contribution in [0.2, 0.25) is 0 Å². The highest BCUT2D eigenvalue weighted by molar-refractivity contribution is 5.79. The molecule has 0 aliphatic carbocycles. The molecule has 1 N–H and O–H groups in total. The summed E-state index contributed by atoms with van der Waals surface area (Å²) in [6.07, 6.45) is 18.2. The van der Waals surface area contributed by atoms with E-state index in [2.05, 4.69) is 0 Å². The molecule has 6 nitrogen and oxygen atoms in total. The monoisotopic (exact) mass is 484 g/mol. The number of allylic oxidation sites excluding steroid dienone is 8. The molecule has 2 rings (SSSR count). The maximum Gasteiger partial charge on any atom is 0.312 e. The zero-order chi connectivity index (χ0) is 26.4. The van der Waals surface area contributed by atoms with Gasteiger partial charge in [-0.3, -0.25) is 9.59 Å². The highest BCUT2D eigenvalue weighted by Gasteiger charge is 2.53. The molecule has 2 aliphatic heterocycles. The van der Waals surface area contributed by atoms with Crippen molar-refractivity contribution >= 4 is 11.9 Å². The van der Waals surface area contributed by atoms with Crippen molar-refractivity contribution in [3.8, 4) is 0 Å². The highest BCUT2D eigenvalue weighted by atomic mass is 16.6. The minimum absolute atomic E-state index is 0.134. The van der Waals surface area contributed by atoms with E-state index in [-0.39, 0.29) is 24.1 Å². The molecule has 0 spiro atoms. The van der Waals surface area contributed by atoms with Gasteiger partial charge < -0.3 is 19.3 Å². The molecule has 0 bridgehead atoms. The van der Waals surface area contributed by atoms with Gasteiger partial charge in [-0.1, -0.05) is 68.5 Å². The van der Waals surface area contributed by atoms with Crippen LogP contribution in [0.4, 0.5) is 0 Å². The van der Waals surface area contributed by atoms with E-state index in [1.807, 2.05) is 95.4 Å². The number of carbonyl (C=O) groups excluding carboxylic acids is 2. The van der Waals surface area contributed by atoms with Crippen molar-refractivity contribution in [3.63, 3.8) is 0 Å². The van der Waals surface area contributed by atoms with Gasteiger partial charge in [-0.25, -0.2) is 0 Å². The number of esters is 2. The molecule has 0 aromatic heterocycles.